The molecule has 0 saturated carbocycles. The second kappa shape index (κ2) is 6.86. The summed E-state index contributed by atoms with van der Waals surface area (Å²) >= 11 is 6.34. The highest BCUT2D eigenvalue weighted by molar-refractivity contribution is 6.35. The molecule has 0 N–H and O–H groups in total. The van der Waals surface area contributed by atoms with Crippen LogP contribution in [0.3, 0.4) is 0 Å². The van der Waals surface area contributed by atoms with Gasteiger partial charge in [0.1, 0.15) is 5.69 Å². The van der Waals surface area contributed by atoms with E-state index in [4.69, 9.17) is 20.8 Å². The van der Waals surface area contributed by atoms with Gasteiger partial charge in [-0.2, -0.15) is 0 Å². The predicted molar refractivity (Wildman–Crippen MR) is 95.8 cm³/mol. The monoisotopic (exact) mass is 356 g/mol. The van der Waals surface area contributed by atoms with Gasteiger partial charge in [-0.15, -0.1) is 0 Å². The van der Waals surface area contributed by atoms with E-state index < -0.39 is 0 Å². The lowest BCUT2D eigenvalue weighted by Crippen LogP contribution is -2.33. The van der Waals surface area contributed by atoms with Gasteiger partial charge >= 0.3 is 0 Å². The molecule has 1 saturated heterocycles. The molecule has 3 heterocycles. The first-order valence-electron chi connectivity index (χ1n) is 8.24. The second-order valence-electron chi connectivity index (χ2n) is 5.93. The minimum atomic E-state index is -0.0343. The lowest BCUT2D eigenvalue weighted by Gasteiger charge is -2.21. The first-order chi connectivity index (χ1) is 12.2. The van der Waals surface area contributed by atoms with Gasteiger partial charge in [0, 0.05) is 25.1 Å². The zero-order chi connectivity index (χ0) is 17.2. The van der Waals surface area contributed by atoms with Crippen molar-refractivity contribution in [1.29, 1.82) is 0 Å². The molecule has 128 valence electrons. The summed E-state index contributed by atoms with van der Waals surface area (Å²) in [6.07, 6.45) is 2.42. The maximum Gasteiger partial charge on any atom is 0.254 e. The van der Waals surface area contributed by atoms with E-state index >= 15 is 0 Å². The molecule has 1 fully saturated rings. The molecule has 25 heavy (non-hydrogen) atoms. The summed E-state index contributed by atoms with van der Waals surface area (Å²) in [5.74, 6) is 0.572. The minimum Gasteiger partial charge on any atom is -0.463 e. The van der Waals surface area contributed by atoms with E-state index in [1.54, 1.807) is 24.5 Å². The van der Waals surface area contributed by atoms with Gasteiger partial charge in [-0.3, -0.25) is 4.79 Å². The Balaban J connectivity index is 1.86. The van der Waals surface area contributed by atoms with Crippen molar-refractivity contribution in [2.75, 3.05) is 26.3 Å². The van der Waals surface area contributed by atoms with Crippen LogP contribution in [-0.4, -0.2) is 42.1 Å². The van der Waals surface area contributed by atoms with Crippen molar-refractivity contribution < 1.29 is 13.9 Å². The van der Waals surface area contributed by atoms with E-state index in [-0.39, 0.29) is 5.91 Å². The van der Waals surface area contributed by atoms with Crippen LogP contribution in [0.4, 0.5) is 0 Å². The Morgan fingerprint density at radius 2 is 2.08 bits per heavy atom. The van der Waals surface area contributed by atoms with Crippen molar-refractivity contribution in [3.8, 4) is 11.5 Å². The molecule has 1 aliphatic heterocycles. The molecule has 0 atom stereocenters. The van der Waals surface area contributed by atoms with Gasteiger partial charge in [0.25, 0.3) is 5.91 Å². The highest BCUT2D eigenvalue weighted by Gasteiger charge is 2.22. The van der Waals surface area contributed by atoms with Crippen molar-refractivity contribution in [2.24, 2.45) is 0 Å². The minimum absolute atomic E-state index is 0.0343. The number of amides is 1. The normalized spacial score (nSPS) is 15.3. The highest BCUT2D eigenvalue weighted by Crippen LogP contribution is 2.30. The smallest absolute Gasteiger partial charge is 0.254 e. The van der Waals surface area contributed by atoms with Crippen LogP contribution in [0.2, 0.25) is 5.02 Å². The molecule has 4 rings (SSSR count). The molecule has 1 aromatic carbocycles. The summed E-state index contributed by atoms with van der Waals surface area (Å²) in [5, 5.41) is 1.26. The quantitative estimate of drug-likeness (QED) is 0.696. The molecule has 0 aliphatic carbocycles. The summed E-state index contributed by atoms with van der Waals surface area (Å²) in [6.45, 7) is 2.50. The number of hydrogen-bond donors (Lipinski definition) is 0. The first-order valence-corrected chi connectivity index (χ1v) is 8.62. The Morgan fingerprint density at radius 1 is 1.16 bits per heavy atom. The molecule has 2 aromatic heterocycles. The number of furan rings is 1. The van der Waals surface area contributed by atoms with Crippen LogP contribution in [-0.2, 0) is 4.74 Å². The van der Waals surface area contributed by atoms with Gasteiger partial charge in [-0.1, -0.05) is 23.7 Å². The van der Waals surface area contributed by atoms with Crippen molar-refractivity contribution in [3.05, 3.63) is 53.2 Å². The lowest BCUT2D eigenvalue weighted by atomic mass is 10.1. The Morgan fingerprint density at radius 3 is 2.92 bits per heavy atom. The highest BCUT2D eigenvalue weighted by atomic mass is 35.5. The van der Waals surface area contributed by atoms with E-state index in [0.29, 0.717) is 53.9 Å². The molecule has 0 spiro atoms. The van der Waals surface area contributed by atoms with E-state index in [1.807, 2.05) is 23.1 Å². The van der Waals surface area contributed by atoms with Crippen LogP contribution in [0.1, 0.15) is 16.8 Å². The number of aromatic nitrogens is 1. The summed E-state index contributed by atoms with van der Waals surface area (Å²) in [4.78, 5) is 19.6. The third kappa shape index (κ3) is 3.13. The average Bonchev–Trinajstić information content (AvgIpc) is 3.03. The number of fused-ring (bicyclic) bond motifs is 1. The van der Waals surface area contributed by atoms with E-state index in [9.17, 15) is 4.79 Å². The Kier molecular flexibility index (Phi) is 4.42. The van der Waals surface area contributed by atoms with Gasteiger partial charge in [0.05, 0.1) is 29.0 Å². The van der Waals surface area contributed by atoms with Gasteiger partial charge < -0.3 is 14.1 Å². The van der Waals surface area contributed by atoms with E-state index in [2.05, 4.69) is 4.98 Å². The zero-order valence-corrected chi connectivity index (χ0v) is 14.3. The molecule has 3 aromatic rings. The Bertz CT molecular complexity index is 900. The van der Waals surface area contributed by atoms with Crippen molar-refractivity contribution in [2.45, 2.75) is 6.42 Å². The zero-order valence-electron chi connectivity index (χ0n) is 13.6. The molecular formula is C19H17ClN2O3. The molecule has 5 nitrogen and oxygen atoms in total. The first kappa shape index (κ1) is 16.1. The van der Waals surface area contributed by atoms with Crippen LogP contribution in [0.5, 0.6) is 0 Å². The SMILES string of the molecule is O=C(c1cc(-c2ccco2)nc2c(Cl)cccc12)N1CCCOCC1. The number of carbonyl (C=O) groups is 1. The molecule has 6 heteroatoms. The molecule has 1 amide bonds. The van der Waals surface area contributed by atoms with Crippen molar-refractivity contribution in [3.63, 3.8) is 0 Å². The molecule has 0 bridgehead atoms. The van der Waals surface area contributed by atoms with Gasteiger partial charge in [0.15, 0.2) is 5.76 Å². The van der Waals surface area contributed by atoms with E-state index in [0.717, 1.165) is 11.8 Å². The predicted octanol–water partition coefficient (Wildman–Crippen LogP) is 4.01. The van der Waals surface area contributed by atoms with Crippen molar-refractivity contribution in [1.82, 2.24) is 9.88 Å². The Labute approximate surface area is 150 Å². The summed E-state index contributed by atoms with van der Waals surface area (Å²) in [5.41, 5.74) is 1.79. The number of pyridine rings is 1. The number of hydrogen-bond acceptors (Lipinski definition) is 4. The van der Waals surface area contributed by atoms with Crippen molar-refractivity contribution >= 4 is 28.4 Å². The molecule has 1 aliphatic rings. The summed E-state index contributed by atoms with van der Waals surface area (Å²) in [6, 6.07) is 10.9. The van der Waals surface area contributed by atoms with Crippen LogP contribution >= 0.6 is 11.6 Å². The number of nitrogens with zero attached hydrogens (tertiary/aromatic N) is 2. The lowest BCUT2D eigenvalue weighted by molar-refractivity contribution is 0.0743. The largest absolute Gasteiger partial charge is 0.463 e. The fourth-order valence-corrected chi connectivity index (χ4v) is 3.28. The van der Waals surface area contributed by atoms with Crippen LogP contribution < -0.4 is 0 Å². The fraction of sp³-hybridized carbons (Fsp3) is 0.263. The standard InChI is InChI=1S/C19H17ClN2O3/c20-15-5-1-4-13-14(19(23)22-7-3-9-24-11-8-22)12-16(21-18(13)15)17-6-2-10-25-17/h1-2,4-6,10,12H,3,7-9,11H2. The molecule has 0 unspecified atom stereocenters. The second-order valence-corrected chi connectivity index (χ2v) is 6.33. The number of halogens is 1. The number of rotatable bonds is 2. The average molecular weight is 357 g/mol. The van der Waals surface area contributed by atoms with Crippen LogP contribution in [0, 0.1) is 0 Å². The third-order valence-corrected chi connectivity index (χ3v) is 4.61. The van der Waals surface area contributed by atoms with Gasteiger partial charge in [-0.25, -0.2) is 4.98 Å². The third-order valence-electron chi connectivity index (χ3n) is 4.30. The number of benzene rings is 1. The summed E-state index contributed by atoms with van der Waals surface area (Å²) in [7, 11) is 0. The van der Waals surface area contributed by atoms with Gasteiger partial charge in [-0.05, 0) is 30.7 Å². The maximum absolute atomic E-state index is 13.2. The maximum atomic E-state index is 13.2. The molecule has 0 radical (unpaired) electrons. The van der Waals surface area contributed by atoms with E-state index in [1.165, 1.54) is 0 Å². The number of para-hydroxylation sites is 1. The summed E-state index contributed by atoms with van der Waals surface area (Å²) < 4.78 is 10.9. The topological polar surface area (TPSA) is 55.6 Å². The van der Waals surface area contributed by atoms with Crippen LogP contribution in [0.15, 0.2) is 47.1 Å². The Hall–Kier alpha value is -2.37. The molecular weight excluding hydrogens is 340 g/mol. The van der Waals surface area contributed by atoms with Crippen LogP contribution in [0.25, 0.3) is 22.4 Å². The van der Waals surface area contributed by atoms with Gasteiger partial charge in [0.2, 0.25) is 0 Å². The fourth-order valence-electron chi connectivity index (χ4n) is 3.06. The number of carbonyl (C=O) groups excluding carboxylic acids is 1. The number of ether oxygens (including phenoxy) is 1.